The van der Waals surface area contributed by atoms with E-state index >= 15 is 0 Å². The lowest BCUT2D eigenvalue weighted by molar-refractivity contribution is 0.0947. The highest BCUT2D eigenvalue weighted by atomic mass is 35.5. The third kappa shape index (κ3) is 8.64. The van der Waals surface area contributed by atoms with Crippen LogP contribution in [-0.2, 0) is 0 Å². The van der Waals surface area contributed by atoms with Crippen LogP contribution in [0.5, 0.6) is 0 Å². The fourth-order valence-corrected chi connectivity index (χ4v) is 5.62. The number of amides is 4. The number of nitrogens with two attached hydrogens (primary N) is 1. The van der Waals surface area contributed by atoms with Crippen molar-refractivity contribution in [3.63, 3.8) is 0 Å². The molecule has 0 aliphatic carbocycles. The van der Waals surface area contributed by atoms with Gasteiger partial charge in [0.25, 0.3) is 23.6 Å². The summed E-state index contributed by atoms with van der Waals surface area (Å²) in [4.78, 5) is 62.8. The summed E-state index contributed by atoms with van der Waals surface area (Å²) in [5.41, 5.74) is 11.0. The van der Waals surface area contributed by atoms with E-state index in [1.807, 2.05) is 19.1 Å². The van der Waals surface area contributed by atoms with Crippen molar-refractivity contribution in [1.29, 1.82) is 5.41 Å². The summed E-state index contributed by atoms with van der Waals surface area (Å²) < 4.78 is 0. The van der Waals surface area contributed by atoms with Crippen molar-refractivity contribution in [3.8, 4) is 0 Å². The molecule has 0 aliphatic rings. The van der Waals surface area contributed by atoms with E-state index in [0.29, 0.717) is 64.2 Å². The van der Waals surface area contributed by atoms with Crippen molar-refractivity contribution < 1.29 is 19.2 Å². The summed E-state index contributed by atoms with van der Waals surface area (Å²) in [7, 11) is 0. The average molecular weight is 712 g/mol. The molecule has 0 radical (unpaired) electrons. The van der Waals surface area contributed by atoms with Crippen LogP contribution in [0.4, 0.5) is 22.7 Å². The first kappa shape index (κ1) is 36.6. The van der Waals surface area contributed by atoms with Gasteiger partial charge in [-0.15, -0.1) is 23.2 Å². The van der Waals surface area contributed by atoms with E-state index < -0.39 is 11.8 Å². The monoisotopic (exact) mass is 710 g/mol. The van der Waals surface area contributed by atoms with Crippen LogP contribution in [0.1, 0.15) is 70.5 Å². The van der Waals surface area contributed by atoms with Crippen LogP contribution in [0.3, 0.4) is 0 Å². The van der Waals surface area contributed by atoms with Crippen molar-refractivity contribution >= 4 is 75.4 Å². The molecular weight excluding hydrogens is 671 g/mol. The number of rotatable bonds is 15. The topological polar surface area (TPSA) is 217 Å². The van der Waals surface area contributed by atoms with Crippen LogP contribution in [-0.4, -0.2) is 75.8 Å². The van der Waals surface area contributed by atoms with Gasteiger partial charge in [-0.05, 0) is 51.5 Å². The molecule has 0 aliphatic heterocycles. The first-order valence-corrected chi connectivity index (χ1v) is 16.5. The number of benzene rings is 1. The lowest BCUT2D eigenvalue weighted by Gasteiger charge is -2.23. The molecule has 0 spiro atoms. The molecule has 10 N–H and O–H groups in total. The molecule has 16 heteroatoms. The second-order valence-corrected chi connectivity index (χ2v) is 12.1. The second-order valence-electron chi connectivity index (χ2n) is 11.4. The van der Waals surface area contributed by atoms with E-state index in [4.69, 9.17) is 34.3 Å². The third-order valence-corrected chi connectivity index (χ3v) is 8.39. The number of aromatic amines is 3. The summed E-state index contributed by atoms with van der Waals surface area (Å²) in [6, 6.07) is 5.52. The Morgan fingerprint density at radius 3 is 1.61 bits per heavy atom. The van der Waals surface area contributed by atoms with Gasteiger partial charge in [0.05, 0.1) is 22.9 Å². The molecule has 3 heterocycles. The maximum atomic E-state index is 13.3. The number of carbonyl (C=O) groups is 4. The molecule has 0 fully saturated rings. The first-order valence-electron chi connectivity index (χ1n) is 15.4. The molecule has 0 saturated carbocycles. The van der Waals surface area contributed by atoms with E-state index in [1.54, 1.807) is 33.0 Å². The van der Waals surface area contributed by atoms with Crippen molar-refractivity contribution in [1.82, 2.24) is 20.3 Å². The first-order chi connectivity index (χ1) is 23.4. The zero-order valence-electron chi connectivity index (χ0n) is 27.6. The van der Waals surface area contributed by atoms with Gasteiger partial charge < -0.3 is 46.9 Å². The predicted octanol–water partition coefficient (Wildman–Crippen LogP) is 5.00. The molecule has 260 valence electrons. The Kier molecular flexibility index (Phi) is 12.2. The van der Waals surface area contributed by atoms with Crippen LogP contribution in [0, 0.1) is 33.1 Å². The SMILES string of the molecule is Cc1cc(N(CCCl)CCCl)ccc1C(=O)Nc1c[nH]c(C(=O)Nc2c[nH]c(C(=O)Nc3c[nH]c(C(=O)NCCC(=N)N)c3C)c2C)c1C. The zero-order valence-corrected chi connectivity index (χ0v) is 29.1. The van der Waals surface area contributed by atoms with Crippen molar-refractivity contribution in [2.45, 2.75) is 34.1 Å². The Hall–Kier alpha value is -5.21. The Morgan fingerprint density at radius 1 is 0.735 bits per heavy atom. The summed E-state index contributed by atoms with van der Waals surface area (Å²) in [6.07, 6.45) is 4.79. The second kappa shape index (κ2) is 16.3. The number of alkyl halides is 2. The van der Waals surface area contributed by atoms with Crippen molar-refractivity contribution in [3.05, 3.63) is 81.7 Å². The Labute approximate surface area is 293 Å². The number of nitrogens with zero attached hydrogens (tertiary/aromatic N) is 1. The van der Waals surface area contributed by atoms with Crippen molar-refractivity contribution in [2.75, 3.05) is 52.2 Å². The van der Waals surface area contributed by atoms with Gasteiger partial charge in [-0.2, -0.15) is 0 Å². The number of aryl methyl sites for hydroxylation is 1. The number of hydrogen-bond acceptors (Lipinski definition) is 6. The summed E-state index contributed by atoms with van der Waals surface area (Å²) in [5.74, 6) is -0.789. The molecule has 0 atom stereocenters. The summed E-state index contributed by atoms with van der Waals surface area (Å²) in [5, 5.41) is 18.4. The lowest BCUT2D eigenvalue weighted by atomic mass is 10.1. The highest BCUT2D eigenvalue weighted by molar-refractivity contribution is 6.18. The Morgan fingerprint density at radius 2 is 1.18 bits per heavy atom. The lowest BCUT2D eigenvalue weighted by Crippen LogP contribution is -2.28. The molecule has 0 saturated heterocycles. The van der Waals surface area contributed by atoms with E-state index in [2.05, 4.69) is 41.1 Å². The third-order valence-electron chi connectivity index (χ3n) is 8.05. The minimum atomic E-state index is -0.473. The molecule has 4 amide bonds. The molecule has 0 unspecified atom stereocenters. The smallest absolute Gasteiger partial charge is 0.272 e. The zero-order chi connectivity index (χ0) is 35.8. The number of anilines is 4. The number of aromatic nitrogens is 3. The van der Waals surface area contributed by atoms with Gasteiger partial charge in [0, 0.05) is 84.3 Å². The van der Waals surface area contributed by atoms with Crippen LogP contribution < -0.4 is 31.9 Å². The van der Waals surface area contributed by atoms with Gasteiger partial charge in [-0.1, -0.05) is 0 Å². The van der Waals surface area contributed by atoms with E-state index in [0.717, 1.165) is 11.3 Å². The largest absolute Gasteiger partial charge is 0.388 e. The molecule has 4 aromatic rings. The molecule has 1 aromatic carbocycles. The van der Waals surface area contributed by atoms with E-state index in [-0.39, 0.29) is 47.7 Å². The number of H-pyrrole nitrogens is 3. The average Bonchev–Trinajstić information content (AvgIpc) is 3.72. The number of nitrogens with one attached hydrogen (secondary N) is 8. The minimum Gasteiger partial charge on any atom is -0.388 e. The van der Waals surface area contributed by atoms with Crippen LogP contribution in [0.25, 0.3) is 0 Å². The minimum absolute atomic E-state index is 0.0344. The number of carbonyl (C=O) groups excluding carboxylic acids is 4. The molecule has 14 nitrogen and oxygen atoms in total. The van der Waals surface area contributed by atoms with E-state index in [9.17, 15) is 19.2 Å². The predicted molar refractivity (Wildman–Crippen MR) is 194 cm³/mol. The molecular formula is C33H40Cl2N10O4. The quantitative estimate of drug-likeness (QED) is 0.0469. The van der Waals surface area contributed by atoms with Gasteiger partial charge in [0.15, 0.2) is 0 Å². The summed E-state index contributed by atoms with van der Waals surface area (Å²) in [6.45, 7) is 8.41. The Balaban J connectivity index is 1.39. The van der Waals surface area contributed by atoms with Crippen LogP contribution in [0.2, 0.25) is 0 Å². The number of halogens is 2. The molecule has 4 rings (SSSR count). The van der Waals surface area contributed by atoms with Gasteiger partial charge >= 0.3 is 0 Å². The fraction of sp³-hybridized carbons (Fsp3) is 0.303. The molecule has 3 aromatic heterocycles. The van der Waals surface area contributed by atoms with Crippen LogP contribution in [0.15, 0.2) is 36.8 Å². The molecule has 49 heavy (non-hydrogen) atoms. The van der Waals surface area contributed by atoms with Crippen LogP contribution >= 0.6 is 23.2 Å². The fourth-order valence-electron chi connectivity index (χ4n) is 5.22. The van der Waals surface area contributed by atoms with Gasteiger partial charge in [-0.3, -0.25) is 24.6 Å². The van der Waals surface area contributed by atoms with Gasteiger partial charge in [-0.25, -0.2) is 0 Å². The van der Waals surface area contributed by atoms with E-state index in [1.165, 1.54) is 12.4 Å². The summed E-state index contributed by atoms with van der Waals surface area (Å²) >= 11 is 11.9. The normalized spacial score (nSPS) is 10.8. The maximum Gasteiger partial charge on any atom is 0.272 e. The molecule has 0 bridgehead atoms. The Bertz CT molecular complexity index is 1870. The number of amidine groups is 1. The van der Waals surface area contributed by atoms with Gasteiger partial charge in [0.1, 0.15) is 17.1 Å². The number of hydrogen-bond donors (Lipinski definition) is 9. The highest BCUT2D eigenvalue weighted by Crippen LogP contribution is 2.26. The van der Waals surface area contributed by atoms with Crippen molar-refractivity contribution in [2.24, 2.45) is 5.73 Å². The highest BCUT2D eigenvalue weighted by Gasteiger charge is 2.22. The maximum absolute atomic E-state index is 13.3. The standard InChI is InChI=1S/C33H40Cl2N10O4/c1-17-13-21(45(11-8-34)12-9-35)5-6-22(17)30(46)42-23-14-40-28(19(23)3)32(48)44-25-16-41-29(20(25)4)33(49)43-24-15-39-27(18(24)2)31(47)38-10-7-26(36)37/h5-6,13-16,39-41H,7-12H2,1-4H3,(H3,36,37)(H,38,47)(H,42,46)(H,43,49)(H,44,48). The van der Waals surface area contributed by atoms with Gasteiger partial charge in [0.2, 0.25) is 0 Å².